The van der Waals surface area contributed by atoms with E-state index in [1.165, 1.54) is 13.2 Å². The molecule has 33 heavy (non-hydrogen) atoms. The number of anilines is 2. The van der Waals surface area contributed by atoms with Crippen LogP contribution in [-0.4, -0.2) is 42.2 Å². The number of H-pyrrole nitrogens is 1. The number of aromatic amines is 1. The third-order valence-electron chi connectivity index (χ3n) is 5.78. The number of amides is 1. The zero-order chi connectivity index (χ0) is 22.8. The number of hydrogen-bond donors (Lipinski definition) is 3. The number of fused-ring (bicyclic) bond motifs is 1. The van der Waals surface area contributed by atoms with Gasteiger partial charge in [-0.25, -0.2) is 4.39 Å². The molecular weight excluding hydrogens is 423 g/mol. The van der Waals surface area contributed by atoms with E-state index in [1.807, 2.05) is 6.07 Å². The number of rotatable bonds is 4. The molecule has 0 radical (unpaired) electrons. The molecule has 0 unspecified atom stereocenters. The Kier molecular flexibility index (Phi) is 5.71. The summed E-state index contributed by atoms with van der Waals surface area (Å²) in [5, 5.41) is 6.13. The van der Waals surface area contributed by atoms with Crippen LogP contribution in [0.25, 0.3) is 11.3 Å². The number of nitrogens with one attached hydrogen (secondary N) is 3. The van der Waals surface area contributed by atoms with Crippen molar-refractivity contribution < 1.29 is 18.7 Å². The Morgan fingerprint density at radius 1 is 1.33 bits per heavy atom. The second-order valence-corrected chi connectivity index (χ2v) is 7.87. The van der Waals surface area contributed by atoms with Crippen LogP contribution in [0, 0.1) is 17.7 Å². The molecule has 0 spiro atoms. The summed E-state index contributed by atoms with van der Waals surface area (Å²) in [7, 11) is 1.41. The predicted octanol–water partition coefficient (Wildman–Crippen LogP) is 3.78. The molecule has 4 heterocycles. The first kappa shape index (κ1) is 21.0. The second kappa shape index (κ2) is 8.96. The van der Waals surface area contributed by atoms with Gasteiger partial charge in [0.1, 0.15) is 6.10 Å². The molecular formula is C25H23FN4O3. The molecule has 2 aliphatic heterocycles. The lowest BCUT2D eigenvalue weighted by molar-refractivity contribution is 0.0947. The van der Waals surface area contributed by atoms with E-state index in [9.17, 15) is 9.18 Å². The molecule has 3 N–H and O–H groups in total. The molecule has 1 fully saturated rings. The van der Waals surface area contributed by atoms with Crippen LogP contribution in [0.2, 0.25) is 0 Å². The highest BCUT2D eigenvalue weighted by Crippen LogP contribution is 2.40. The highest BCUT2D eigenvalue weighted by Gasteiger charge is 2.28. The average molecular weight is 446 g/mol. The smallest absolute Gasteiger partial charge is 0.255 e. The van der Waals surface area contributed by atoms with E-state index in [1.54, 1.807) is 24.5 Å². The molecule has 168 valence electrons. The highest BCUT2D eigenvalue weighted by atomic mass is 19.1. The van der Waals surface area contributed by atoms with Gasteiger partial charge in [0.25, 0.3) is 5.91 Å². The Bertz CT molecular complexity index is 1270. The molecule has 1 atom stereocenters. The van der Waals surface area contributed by atoms with Gasteiger partial charge < -0.3 is 25.1 Å². The van der Waals surface area contributed by atoms with E-state index in [4.69, 9.17) is 9.47 Å². The SMILES string of the molecule is COc1c(F)cccc1Nc1c(-c2ccncc2C#C[C@@H]2CCCO2)[nH]c2c1C(=O)NCC2. The van der Waals surface area contributed by atoms with Crippen molar-refractivity contribution in [3.63, 3.8) is 0 Å². The molecule has 1 amide bonds. The first-order valence-electron chi connectivity index (χ1n) is 10.9. The van der Waals surface area contributed by atoms with Crippen LogP contribution >= 0.6 is 0 Å². The van der Waals surface area contributed by atoms with Gasteiger partial charge in [-0.2, -0.15) is 0 Å². The maximum absolute atomic E-state index is 14.3. The van der Waals surface area contributed by atoms with Gasteiger partial charge in [-0.15, -0.1) is 0 Å². The standard InChI is InChI=1S/C25H23FN4O3/c1-32-24-18(26)5-2-6-20(24)30-23-21-19(10-12-28-25(21)31)29-22(23)17-9-11-27-14-15(17)7-8-16-4-3-13-33-16/h2,5-6,9,11,14,16,29-30H,3-4,10,12-13H2,1H3,(H,28,31)/t16-/m0/s1. The summed E-state index contributed by atoms with van der Waals surface area (Å²) in [6.07, 6.45) is 5.85. The fraction of sp³-hybridized carbons (Fsp3) is 0.280. The summed E-state index contributed by atoms with van der Waals surface area (Å²) in [6.45, 7) is 1.26. The first-order chi connectivity index (χ1) is 16.2. The minimum absolute atomic E-state index is 0.0720. The lowest BCUT2D eigenvalue weighted by Crippen LogP contribution is -2.31. The summed E-state index contributed by atoms with van der Waals surface area (Å²) in [5.41, 5.74) is 4.44. The summed E-state index contributed by atoms with van der Waals surface area (Å²) in [6, 6.07) is 6.47. The number of aromatic nitrogens is 2. The molecule has 2 aromatic heterocycles. The molecule has 0 saturated carbocycles. The van der Waals surface area contributed by atoms with Gasteiger partial charge >= 0.3 is 0 Å². The molecule has 2 aliphatic rings. The lowest BCUT2D eigenvalue weighted by atomic mass is 10.0. The normalized spacial score (nSPS) is 17.0. The number of methoxy groups -OCH3 is 1. The van der Waals surface area contributed by atoms with E-state index in [-0.39, 0.29) is 17.8 Å². The first-order valence-corrected chi connectivity index (χ1v) is 10.9. The van der Waals surface area contributed by atoms with E-state index < -0.39 is 5.82 Å². The Hall–Kier alpha value is -3.83. The molecule has 8 heteroatoms. The number of benzene rings is 1. The number of hydrogen-bond acceptors (Lipinski definition) is 5. The average Bonchev–Trinajstić information content (AvgIpc) is 3.47. The van der Waals surface area contributed by atoms with Crippen molar-refractivity contribution in [3.05, 3.63) is 59.3 Å². The van der Waals surface area contributed by atoms with Gasteiger partial charge in [0.2, 0.25) is 0 Å². The topological polar surface area (TPSA) is 88.3 Å². The van der Waals surface area contributed by atoms with Gasteiger partial charge in [0.05, 0.1) is 35.3 Å². The number of para-hydroxylation sites is 1. The van der Waals surface area contributed by atoms with E-state index in [2.05, 4.69) is 32.4 Å². The zero-order valence-electron chi connectivity index (χ0n) is 18.1. The molecule has 0 aliphatic carbocycles. The number of pyridine rings is 1. The molecule has 1 saturated heterocycles. The zero-order valence-corrected chi connectivity index (χ0v) is 18.1. The molecule has 5 rings (SSSR count). The summed E-state index contributed by atoms with van der Waals surface area (Å²) < 4.78 is 25.2. The van der Waals surface area contributed by atoms with Gasteiger partial charge in [-0.05, 0) is 31.0 Å². The van der Waals surface area contributed by atoms with E-state index >= 15 is 0 Å². The number of nitrogens with zero attached hydrogens (tertiary/aromatic N) is 1. The Morgan fingerprint density at radius 3 is 3.06 bits per heavy atom. The monoisotopic (exact) mass is 446 g/mol. The quantitative estimate of drug-likeness (QED) is 0.531. The number of carbonyl (C=O) groups is 1. The third-order valence-corrected chi connectivity index (χ3v) is 5.78. The largest absolute Gasteiger partial charge is 0.492 e. The maximum atomic E-state index is 14.3. The van der Waals surface area contributed by atoms with Gasteiger partial charge in [0, 0.05) is 43.2 Å². The fourth-order valence-corrected chi connectivity index (χ4v) is 4.22. The lowest BCUT2D eigenvalue weighted by Gasteiger charge is -2.17. The van der Waals surface area contributed by atoms with E-state index in [0.717, 1.165) is 30.7 Å². The molecule has 0 bridgehead atoms. The van der Waals surface area contributed by atoms with Crippen molar-refractivity contribution >= 4 is 17.3 Å². The van der Waals surface area contributed by atoms with Crippen LogP contribution in [0.1, 0.15) is 34.5 Å². The molecule has 7 nitrogen and oxygen atoms in total. The molecule has 1 aromatic carbocycles. The van der Waals surface area contributed by atoms with Crippen molar-refractivity contribution in [1.82, 2.24) is 15.3 Å². The van der Waals surface area contributed by atoms with Crippen LogP contribution in [0.15, 0.2) is 36.7 Å². The van der Waals surface area contributed by atoms with Crippen LogP contribution < -0.4 is 15.4 Å². The van der Waals surface area contributed by atoms with Gasteiger partial charge in [-0.1, -0.05) is 17.9 Å². The van der Waals surface area contributed by atoms with Crippen molar-refractivity contribution in [3.8, 4) is 28.8 Å². The number of ether oxygens (including phenoxy) is 2. The minimum atomic E-state index is -0.495. The second-order valence-electron chi connectivity index (χ2n) is 7.87. The molecule has 3 aromatic rings. The van der Waals surface area contributed by atoms with Crippen LogP contribution in [-0.2, 0) is 11.2 Å². The maximum Gasteiger partial charge on any atom is 0.255 e. The van der Waals surface area contributed by atoms with Crippen molar-refractivity contribution in [2.45, 2.75) is 25.4 Å². The highest BCUT2D eigenvalue weighted by molar-refractivity contribution is 6.06. The van der Waals surface area contributed by atoms with Crippen molar-refractivity contribution in [2.75, 3.05) is 25.6 Å². The van der Waals surface area contributed by atoms with Crippen LogP contribution in [0.3, 0.4) is 0 Å². The van der Waals surface area contributed by atoms with Crippen LogP contribution in [0.4, 0.5) is 15.8 Å². The number of carbonyl (C=O) groups excluding carboxylic acids is 1. The van der Waals surface area contributed by atoms with Crippen molar-refractivity contribution in [1.29, 1.82) is 0 Å². The summed E-state index contributed by atoms with van der Waals surface area (Å²) in [5.74, 6) is 5.76. The summed E-state index contributed by atoms with van der Waals surface area (Å²) >= 11 is 0. The minimum Gasteiger partial charge on any atom is -0.492 e. The summed E-state index contributed by atoms with van der Waals surface area (Å²) in [4.78, 5) is 20.5. The van der Waals surface area contributed by atoms with E-state index in [0.29, 0.717) is 41.2 Å². The fourth-order valence-electron chi connectivity index (χ4n) is 4.22. The Labute approximate surface area is 190 Å². The van der Waals surface area contributed by atoms with Crippen molar-refractivity contribution in [2.24, 2.45) is 0 Å². The van der Waals surface area contributed by atoms with Gasteiger partial charge in [-0.3, -0.25) is 9.78 Å². The Morgan fingerprint density at radius 2 is 2.24 bits per heavy atom. The predicted molar refractivity (Wildman–Crippen MR) is 122 cm³/mol. The Balaban J connectivity index is 1.64. The number of halogens is 1. The van der Waals surface area contributed by atoms with Crippen LogP contribution in [0.5, 0.6) is 5.75 Å². The van der Waals surface area contributed by atoms with Gasteiger partial charge in [0.15, 0.2) is 11.6 Å². The third kappa shape index (κ3) is 4.03.